The summed E-state index contributed by atoms with van der Waals surface area (Å²) in [6, 6.07) is 11.7. The van der Waals surface area contributed by atoms with Gasteiger partial charge in [-0.3, -0.25) is 0 Å². The van der Waals surface area contributed by atoms with Gasteiger partial charge in [0, 0.05) is 12.1 Å². The van der Waals surface area contributed by atoms with E-state index in [2.05, 4.69) is 16.0 Å². The molecule has 0 saturated carbocycles. The highest BCUT2D eigenvalue weighted by molar-refractivity contribution is 5.62. The van der Waals surface area contributed by atoms with Crippen molar-refractivity contribution in [3.8, 4) is 5.75 Å². The van der Waals surface area contributed by atoms with Crippen molar-refractivity contribution >= 4 is 17.3 Å². The normalized spacial score (nSPS) is 14.4. The van der Waals surface area contributed by atoms with Crippen molar-refractivity contribution in [2.45, 2.75) is 6.54 Å². The lowest BCUT2D eigenvalue weighted by Gasteiger charge is -2.21. The molecule has 5 heteroatoms. The van der Waals surface area contributed by atoms with Gasteiger partial charge in [0.15, 0.2) is 0 Å². The molecular formula is C14H16N4O. The van der Waals surface area contributed by atoms with Gasteiger partial charge in [0.1, 0.15) is 24.0 Å². The van der Waals surface area contributed by atoms with Gasteiger partial charge in [0.05, 0.1) is 12.2 Å². The van der Waals surface area contributed by atoms with Gasteiger partial charge in [-0.1, -0.05) is 18.2 Å². The number of benzene rings is 1. The van der Waals surface area contributed by atoms with Crippen LogP contribution < -0.4 is 21.1 Å². The number of ether oxygens (including phenoxy) is 1. The molecule has 0 spiro atoms. The van der Waals surface area contributed by atoms with E-state index in [1.165, 1.54) is 0 Å². The van der Waals surface area contributed by atoms with Gasteiger partial charge in [-0.15, -0.1) is 0 Å². The van der Waals surface area contributed by atoms with Crippen molar-refractivity contribution < 1.29 is 4.74 Å². The molecule has 1 aromatic carbocycles. The van der Waals surface area contributed by atoms with Crippen LogP contribution in [0, 0.1) is 0 Å². The third-order valence-corrected chi connectivity index (χ3v) is 3.22. The molecule has 1 aliphatic heterocycles. The van der Waals surface area contributed by atoms with Crippen LogP contribution in [0.3, 0.4) is 0 Å². The molecule has 0 aliphatic carbocycles. The van der Waals surface area contributed by atoms with Gasteiger partial charge in [-0.05, 0) is 18.2 Å². The molecule has 0 bridgehead atoms. The maximum atomic E-state index is 5.77. The monoisotopic (exact) mass is 256 g/mol. The zero-order valence-corrected chi connectivity index (χ0v) is 10.5. The molecule has 0 saturated heterocycles. The van der Waals surface area contributed by atoms with Crippen molar-refractivity contribution in [1.82, 2.24) is 4.98 Å². The number of aromatic nitrogens is 1. The molecule has 0 unspecified atom stereocenters. The third kappa shape index (κ3) is 2.27. The zero-order valence-electron chi connectivity index (χ0n) is 10.5. The summed E-state index contributed by atoms with van der Waals surface area (Å²) in [5, 5.41) is 0. The van der Waals surface area contributed by atoms with E-state index in [4.69, 9.17) is 16.2 Å². The van der Waals surface area contributed by atoms with Crippen LogP contribution in [-0.2, 0) is 6.54 Å². The van der Waals surface area contributed by atoms with Gasteiger partial charge in [-0.2, -0.15) is 0 Å². The Morgan fingerprint density at radius 2 is 1.95 bits per heavy atom. The molecule has 0 fully saturated rings. The minimum Gasteiger partial charge on any atom is -0.491 e. The smallest absolute Gasteiger partial charge is 0.149 e. The van der Waals surface area contributed by atoms with E-state index < -0.39 is 0 Å². The van der Waals surface area contributed by atoms with E-state index in [1.807, 2.05) is 24.3 Å². The molecule has 3 rings (SSSR count). The van der Waals surface area contributed by atoms with Crippen molar-refractivity contribution in [1.29, 1.82) is 0 Å². The topological polar surface area (TPSA) is 77.4 Å². The highest BCUT2D eigenvalue weighted by atomic mass is 16.5. The first-order valence-electron chi connectivity index (χ1n) is 6.22. The lowest BCUT2D eigenvalue weighted by molar-refractivity contribution is 0.331. The molecule has 0 radical (unpaired) electrons. The van der Waals surface area contributed by atoms with Crippen LogP contribution in [-0.4, -0.2) is 18.1 Å². The predicted octanol–water partition coefficient (Wildman–Crippen LogP) is 1.64. The molecule has 0 amide bonds. The Morgan fingerprint density at radius 1 is 1.11 bits per heavy atom. The SMILES string of the molecule is Nc1ccc(N2CCOc3ccccc3C2)nc1N. The molecule has 1 aliphatic rings. The highest BCUT2D eigenvalue weighted by Gasteiger charge is 2.16. The number of hydrogen-bond acceptors (Lipinski definition) is 5. The Hall–Kier alpha value is -2.43. The number of nitrogens with two attached hydrogens (primary N) is 2. The van der Waals surface area contributed by atoms with Gasteiger partial charge in [-0.25, -0.2) is 4.98 Å². The van der Waals surface area contributed by atoms with Crippen LogP contribution in [0.2, 0.25) is 0 Å². The number of para-hydroxylation sites is 1. The Balaban J connectivity index is 1.92. The largest absolute Gasteiger partial charge is 0.491 e. The van der Waals surface area contributed by atoms with Crippen molar-refractivity contribution in [3.63, 3.8) is 0 Å². The number of fused-ring (bicyclic) bond motifs is 1. The maximum Gasteiger partial charge on any atom is 0.149 e. The lowest BCUT2D eigenvalue weighted by Crippen LogP contribution is -2.26. The molecule has 4 N–H and O–H groups in total. The number of anilines is 3. The summed E-state index contributed by atoms with van der Waals surface area (Å²) in [5.41, 5.74) is 13.1. The number of pyridine rings is 1. The van der Waals surface area contributed by atoms with Crippen LogP contribution >= 0.6 is 0 Å². The summed E-state index contributed by atoms with van der Waals surface area (Å²) < 4.78 is 5.73. The highest BCUT2D eigenvalue weighted by Crippen LogP contribution is 2.26. The molecule has 19 heavy (non-hydrogen) atoms. The number of nitrogens with zero attached hydrogens (tertiary/aromatic N) is 2. The molecule has 98 valence electrons. The molecule has 2 aromatic rings. The fourth-order valence-electron chi connectivity index (χ4n) is 2.17. The van der Waals surface area contributed by atoms with E-state index in [9.17, 15) is 0 Å². The third-order valence-electron chi connectivity index (χ3n) is 3.22. The molecule has 1 aromatic heterocycles. The molecule has 0 atom stereocenters. The molecule has 5 nitrogen and oxygen atoms in total. The summed E-state index contributed by atoms with van der Waals surface area (Å²) in [6.07, 6.45) is 0. The molecular weight excluding hydrogens is 240 g/mol. The zero-order chi connectivity index (χ0) is 13.2. The van der Waals surface area contributed by atoms with Gasteiger partial charge < -0.3 is 21.1 Å². The van der Waals surface area contributed by atoms with Gasteiger partial charge in [0.25, 0.3) is 0 Å². The first-order chi connectivity index (χ1) is 9.24. The second-order valence-electron chi connectivity index (χ2n) is 4.52. The Bertz CT molecular complexity index is 600. The number of nitrogen functional groups attached to an aromatic ring is 2. The Labute approximate surface area is 111 Å². The fourth-order valence-corrected chi connectivity index (χ4v) is 2.17. The Kier molecular flexibility index (Phi) is 2.87. The lowest BCUT2D eigenvalue weighted by atomic mass is 10.2. The van der Waals surface area contributed by atoms with E-state index in [0.717, 1.165) is 30.2 Å². The first-order valence-corrected chi connectivity index (χ1v) is 6.22. The predicted molar refractivity (Wildman–Crippen MR) is 76.0 cm³/mol. The summed E-state index contributed by atoms with van der Waals surface area (Å²) >= 11 is 0. The van der Waals surface area contributed by atoms with E-state index in [0.29, 0.717) is 18.1 Å². The van der Waals surface area contributed by atoms with Crippen molar-refractivity contribution in [3.05, 3.63) is 42.0 Å². The maximum absolute atomic E-state index is 5.77. The first kappa shape index (κ1) is 11.6. The second-order valence-corrected chi connectivity index (χ2v) is 4.52. The summed E-state index contributed by atoms with van der Waals surface area (Å²) in [4.78, 5) is 6.47. The fraction of sp³-hybridized carbons (Fsp3) is 0.214. The van der Waals surface area contributed by atoms with Crippen LogP contribution in [0.15, 0.2) is 36.4 Å². The standard InChI is InChI=1S/C14H16N4O/c15-11-5-6-13(17-14(11)16)18-7-8-19-12-4-2-1-3-10(12)9-18/h1-6H,7-9,15H2,(H2,16,17). The average Bonchev–Trinajstić information content (AvgIpc) is 2.64. The van der Waals surface area contributed by atoms with Crippen LogP contribution in [0.25, 0.3) is 0 Å². The van der Waals surface area contributed by atoms with Crippen molar-refractivity contribution in [2.24, 2.45) is 0 Å². The van der Waals surface area contributed by atoms with Crippen LogP contribution in [0.5, 0.6) is 5.75 Å². The number of rotatable bonds is 1. The van der Waals surface area contributed by atoms with E-state index in [1.54, 1.807) is 6.07 Å². The summed E-state index contributed by atoms with van der Waals surface area (Å²) in [7, 11) is 0. The Morgan fingerprint density at radius 3 is 2.79 bits per heavy atom. The summed E-state index contributed by atoms with van der Waals surface area (Å²) in [5.74, 6) is 2.14. The van der Waals surface area contributed by atoms with Gasteiger partial charge >= 0.3 is 0 Å². The quantitative estimate of drug-likeness (QED) is 0.811. The van der Waals surface area contributed by atoms with Gasteiger partial charge in [0.2, 0.25) is 0 Å². The summed E-state index contributed by atoms with van der Waals surface area (Å²) in [6.45, 7) is 2.15. The van der Waals surface area contributed by atoms with E-state index in [-0.39, 0.29) is 0 Å². The minimum absolute atomic E-state index is 0.371. The minimum atomic E-state index is 0.371. The second kappa shape index (κ2) is 4.68. The average molecular weight is 256 g/mol. The van der Waals surface area contributed by atoms with Crippen LogP contribution in [0.4, 0.5) is 17.3 Å². The molecule has 2 heterocycles. The number of hydrogen-bond donors (Lipinski definition) is 2. The van der Waals surface area contributed by atoms with Crippen LogP contribution in [0.1, 0.15) is 5.56 Å². The van der Waals surface area contributed by atoms with E-state index >= 15 is 0 Å². The van der Waals surface area contributed by atoms with Crippen molar-refractivity contribution in [2.75, 3.05) is 29.5 Å².